The number of carbonyl (C=O) groups is 1. The average Bonchev–Trinajstić information content (AvgIpc) is 3.37. The fourth-order valence-electron chi connectivity index (χ4n) is 3.97. The van der Waals surface area contributed by atoms with E-state index in [2.05, 4.69) is 20.1 Å². The van der Waals surface area contributed by atoms with Crippen molar-refractivity contribution in [1.82, 2.24) is 34.2 Å². The Kier molecular flexibility index (Phi) is 4.72. The fraction of sp³-hybridized carbons (Fsp3) is 0.500. The van der Waals surface area contributed by atoms with Gasteiger partial charge in [-0.3, -0.25) is 14.4 Å². The molecule has 31 heavy (non-hydrogen) atoms. The lowest BCUT2D eigenvalue weighted by atomic mass is 10.2. The van der Waals surface area contributed by atoms with E-state index in [-0.39, 0.29) is 23.2 Å². The summed E-state index contributed by atoms with van der Waals surface area (Å²) in [7, 11) is 1.86. The molecule has 2 fully saturated rings. The van der Waals surface area contributed by atoms with Crippen LogP contribution in [0, 0.1) is 0 Å². The highest BCUT2D eigenvalue weighted by Crippen LogP contribution is 2.41. The maximum atomic E-state index is 13.6. The number of aryl methyl sites for hydroxylation is 1. The zero-order chi connectivity index (χ0) is 21.8. The second-order valence-electron chi connectivity index (χ2n) is 8.23. The van der Waals surface area contributed by atoms with Gasteiger partial charge in [0.2, 0.25) is 0 Å². The molecule has 4 heterocycles. The zero-order valence-electron chi connectivity index (χ0n) is 17.0. The van der Waals surface area contributed by atoms with E-state index in [1.165, 1.54) is 6.07 Å². The Morgan fingerprint density at radius 3 is 2.52 bits per heavy atom. The zero-order valence-corrected chi connectivity index (χ0v) is 17.0. The van der Waals surface area contributed by atoms with E-state index in [0.717, 1.165) is 35.5 Å². The van der Waals surface area contributed by atoms with Crippen molar-refractivity contribution in [3.8, 4) is 0 Å². The number of hydrogen-bond acceptors (Lipinski definition) is 5. The van der Waals surface area contributed by atoms with Gasteiger partial charge in [-0.05, 0) is 18.9 Å². The van der Waals surface area contributed by atoms with Crippen LogP contribution in [0.2, 0.25) is 0 Å². The molecule has 1 aliphatic heterocycles. The quantitative estimate of drug-likeness (QED) is 0.632. The summed E-state index contributed by atoms with van der Waals surface area (Å²) < 4.78 is 43.2. The summed E-state index contributed by atoms with van der Waals surface area (Å²) >= 11 is 0. The van der Waals surface area contributed by atoms with Crippen molar-refractivity contribution >= 4 is 11.6 Å². The summed E-state index contributed by atoms with van der Waals surface area (Å²) in [6.07, 6.45) is 0.868. The molecule has 1 saturated carbocycles. The third kappa shape index (κ3) is 4.01. The van der Waals surface area contributed by atoms with Gasteiger partial charge in [-0.2, -0.15) is 23.4 Å². The van der Waals surface area contributed by atoms with Crippen LogP contribution in [0.25, 0.3) is 5.65 Å². The topological polar surface area (TPSA) is 71.6 Å². The van der Waals surface area contributed by atoms with Gasteiger partial charge in [0.25, 0.3) is 5.91 Å². The van der Waals surface area contributed by atoms with Crippen LogP contribution in [0.1, 0.15) is 46.2 Å². The molecule has 1 saturated heterocycles. The van der Waals surface area contributed by atoms with Crippen LogP contribution in [-0.4, -0.2) is 66.3 Å². The van der Waals surface area contributed by atoms with Gasteiger partial charge >= 0.3 is 6.18 Å². The number of fused-ring (bicyclic) bond motifs is 1. The number of nitrogens with zero attached hydrogens (tertiary/aromatic N) is 7. The molecule has 5 rings (SSSR count). The van der Waals surface area contributed by atoms with E-state index >= 15 is 0 Å². The van der Waals surface area contributed by atoms with E-state index in [1.54, 1.807) is 9.58 Å². The van der Waals surface area contributed by atoms with Crippen molar-refractivity contribution in [3.63, 3.8) is 0 Å². The minimum atomic E-state index is -4.57. The minimum absolute atomic E-state index is 0.00773. The fourth-order valence-corrected chi connectivity index (χ4v) is 3.97. The summed E-state index contributed by atoms with van der Waals surface area (Å²) in [6, 6.07) is 2.43. The van der Waals surface area contributed by atoms with Gasteiger partial charge in [0.05, 0.1) is 6.20 Å². The van der Waals surface area contributed by atoms with Crippen molar-refractivity contribution < 1.29 is 18.0 Å². The minimum Gasteiger partial charge on any atom is -0.335 e. The SMILES string of the molecule is Cn1cc(CN2CCN(C(=O)c3cc4nc(C5CC5)cc(C(F)(F)F)n4n3)CC2)cn1. The predicted octanol–water partition coefficient (Wildman–Crippen LogP) is 2.32. The lowest BCUT2D eigenvalue weighted by Gasteiger charge is -2.34. The molecule has 0 radical (unpaired) electrons. The normalized spacial score (nSPS) is 18.1. The molecule has 1 amide bonds. The van der Waals surface area contributed by atoms with Gasteiger partial charge in [0, 0.05) is 69.2 Å². The standard InChI is InChI=1S/C20H22F3N7O/c1-27-11-13(10-24-27)12-28-4-6-29(7-5-28)19(31)16-9-18-25-15(14-2-3-14)8-17(20(21,22)23)30(18)26-16/h8-11,14H,2-7,12H2,1H3. The average molecular weight is 433 g/mol. The van der Waals surface area contributed by atoms with E-state index < -0.39 is 11.9 Å². The second-order valence-corrected chi connectivity index (χ2v) is 8.23. The van der Waals surface area contributed by atoms with Crippen molar-refractivity contribution in [2.75, 3.05) is 26.2 Å². The van der Waals surface area contributed by atoms with Gasteiger partial charge < -0.3 is 4.90 Å². The molecule has 8 nitrogen and oxygen atoms in total. The lowest BCUT2D eigenvalue weighted by molar-refractivity contribution is -0.142. The van der Waals surface area contributed by atoms with Crippen LogP contribution in [0.4, 0.5) is 13.2 Å². The van der Waals surface area contributed by atoms with E-state index in [9.17, 15) is 18.0 Å². The number of hydrogen-bond donors (Lipinski definition) is 0. The van der Waals surface area contributed by atoms with Crippen molar-refractivity contribution in [2.45, 2.75) is 31.5 Å². The maximum Gasteiger partial charge on any atom is 0.433 e. The molecule has 164 valence electrons. The molecule has 3 aromatic rings. The van der Waals surface area contributed by atoms with Crippen LogP contribution in [0.3, 0.4) is 0 Å². The highest BCUT2D eigenvalue weighted by atomic mass is 19.4. The number of piperazine rings is 1. The molecular formula is C20H22F3N7O. The first-order valence-corrected chi connectivity index (χ1v) is 10.2. The number of aromatic nitrogens is 5. The highest BCUT2D eigenvalue weighted by Gasteiger charge is 2.38. The molecule has 0 aromatic carbocycles. The van der Waals surface area contributed by atoms with Crippen LogP contribution in [0.5, 0.6) is 0 Å². The summed E-state index contributed by atoms with van der Waals surface area (Å²) in [6.45, 7) is 3.06. The van der Waals surface area contributed by atoms with Crippen LogP contribution < -0.4 is 0 Å². The molecular weight excluding hydrogens is 411 g/mol. The smallest absolute Gasteiger partial charge is 0.335 e. The Bertz CT molecular complexity index is 1120. The Balaban J connectivity index is 1.33. The number of carbonyl (C=O) groups excluding carboxylic acids is 1. The van der Waals surface area contributed by atoms with Crippen molar-refractivity contribution in [3.05, 3.63) is 47.2 Å². The van der Waals surface area contributed by atoms with E-state index in [1.807, 2.05) is 19.4 Å². The van der Waals surface area contributed by atoms with Gasteiger partial charge in [-0.1, -0.05) is 0 Å². The molecule has 0 unspecified atom stereocenters. The third-order valence-corrected chi connectivity index (χ3v) is 5.78. The number of rotatable bonds is 4. The Morgan fingerprint density at radius 1 is 1.16 bits per heavy atom. The summed E-state index contributed by atoms with van der Waals surface area (Å²) in [5.41, 5.74) is 0.685. The van der Waals surface area contributed by atoms with Gasteiger partial charge in [-0.25, -0.2) is 9.50 Å². The van der Waals surface area contributed by atoms with Gasteiger partial charge in [0.15, 0.2) is 11.3 Å². The highest BCUT2D eigenvalue weighted by molar-refractivity contribution is 5.93. The van der Waals surface area contributed by atoms with Gasteiger partial charge in [0.1, 0.15) is 5.69 Å². The molecule has 11 heteroatoms. The summed E-state index contributed by atoms with van der Waals surface area (Å²) in [5, 5.41) is 8.14. The van der Waals surface area contributed by atoms with Crippen molar-refractivity contribution in [1.29, 1.82) is 0 Å². The predicted molar refractivity (Wildman–Crippen MR) is 104 cm³/mol. The van der Waals surface area contributed by atoms with Crippen LogP contribution >= 0.6 is 0 Å². The molecule has 3 aromatic heterocycles. The third-order valence-electron chi connectivity index (χ3n) is 5.78. The van der Waals surface area contributed by atoms with Crippen molar-refractivity contribution in [2.24, 2.45) is 7.05 Å². The van der Waals surface area contributed by atoms with Gasteiger partial charge in [-0.15, -0.1) is 0 Å². The Hall–Kier alpha value is -2.95. The molecule has 2 aliphatic rings. The largest absolute Gasteiger partial charge is 0.433 e. The number of halogens is 3. The number of alkyl halides is 3. The molecule has 0 spiro atoms. The number of amides is 1. The Labute approximate surface area is 176 Å². The monoisotopic (exact) mass is 433 g/mol. The molecule has 1 aliphatic carbocycles. The van der Waals surface area contributed by atoms with E-state index in [4.69, 9.17) is 0 Å². The molecule has 0 N–H and O–H groups in total. The van der Waals surface area contributed by atoms with Crippen LogP contribution in [-0.2, 0) is 19.8 Å². The first-order valence-electron chi connectivity index (χ1n) is 10.2. The van der Waals surface area contributed by atoms with Crippen LogP contribution in [0.15, 0.2) is 24.5 Å². The molecule has 0 atom stereocenters. The lowest BCUT2D eigenvalue weighted by Crippen LogP contribution is -2.48. The maximum absolute atomic E-state index is 13.6. The van der Waals surface area contributed by atoms with E-state index in [0.29, 0.717) is 31.9 Å². The Morgan fingerprint density at radius 2 is 1.90 bits per heavy atom. The summed E-state index contributed by atoms with van der Waals surface area (Å²) in [4.78, 5) is 21.1. The summed E-state index contributed by atoms with van der Waals surface area (Å²) in [5.74, 6) is -0.305. The molecule has 0 bridgehead atoms. The first-order chi connectivity index (χ1) is 14.8. The first kappa shape index (κ1) is 20.0. The second kappa shape index (κ2) is 7.33.